The maximum Gasteiger partial charge on any atom is 0.249 e. The Kier molecular flexibility index (Phi) is 5.05. The van der Waals surface area contributed by atoms with Crippen LogP contribution in [0.4, 0.5) is 5.69 Å². The van der Waals surface area contributed by atoms with Crippen LogP contribution in [0.1, 0.15) is 26.2 Å². The predicted molar refractivity (Wildman–Crippen MR) is 83.0 cm³/mol. The summed E-state index contributed by atoms with van der Waals surface area (Å²) in [5.74, 6) is -0.154. The summed E-state index contributed by atoms with van der Waals surface area (Å²) < 4.78 is 0.782. The van der Waals surface area contributed by atoms with E-state index >= 15 is 0 Å². The summed E-state index contributed by atoms with van der Waals surface area (Å²) in [6, 6.07) is 4.92. The molecular weight excluding hydrogens is 344 g/mol. The number of rotatable bonds is 3. The number of hydrogen-bond acceptors (Lipinski definition) is 2. The second kappa shape index (κ2) is 6.59. The van der Waals surface area contributed by atoms with E-state index in [-0.39, 0.29) is 11.8 Å². The molecule has 1 fully saturated rings. The lowest BCUT2D eigenvalue weighted by Gasteiger charge is -2.24. The summed E-state index contributed by atoms with van der Waals surface area (Å²) in [6.45, 7) is 2.37. The summed E-state index contributed by atoms with van der Waals surface area (Å²) in [7, 11) is 0. The smallest absolute Gasteiger partial charge is 0.249 e. The lowest BCUT2D eigenvalue weighted by Crippen LogP contribution is -2.44. The molecule has 1 heterocycles. The first kappa shape index (κ1) is 15.3. The van der Waals surface area contributed by atoms with Crippen LogP contribution in [0.25, 0.3) is 0 Å². The number of carbonyl (C=O) groups excluding carboxylic acids is 2. The lowest BCUT2D eigenvalue weighted by molar-refractivity contribution is -0.125. The van der Waals surface area contributed by atoms with Crippen LogP contribution < -0.4 is 10.2 Å². The monoisotopic (exact) mass is 358 g/mol. The lowest BCUT2D eigenvalue weighted by atomic mass is 10.1. The van der Waals surface area contributed by atoms with E-state index in [1.165, 1.54) is 0 Å². The first-order valence-corrected chi connectivity index (χ1v) is 7.75. The van der Waals surface area contributed by atoms with Gasteiger partial charge in [-0.3, -0.25) is 9.59 Å². The maximum atomic E-state index is 12.5. The zero-order chi connectivity index (χ0) is 14.7. The SMILES string of the molecule is CCCC1NC(=O)CCN(c2ccc(Br)c(Cl)c2)C1=O. The van der Waals surface area contributed by atoms with Gasteiger partial charge < -0.3 is 10.2 Å². The van der Waals surface area contributed by atoms with Crippen molar-refractivity contribution in [2.75, 3.05) is 11.4 Å². The van der Waals surface area contributed by atoms with Gasteiger partial charge >= 0.3 is 0 Å². The molecule has 0 bridgehead atoms. The summed E-state index contributed by atoms with van der Waals surface area (Å²) in [4.78, 5) is 25.9. The molecule has 2 rings (SSSR count). The molecule has 20 heavy (non-hydrogen) atoms. The summed E-state index contributed by atoms with van der Waals surface area (Å²) in [6.07, 6.45) is 1.79. The topological polar surface area (TPSA) is 49.4 Å². The summed E-state index contributed by atoms with van der Waals surface area (Å²) in [5.41, 5.74) is 0.723. The van der Waals surface area contributed by atoms with Gasteiger partial charge in [-0.1, -0.05) is 24.9 Å². The third-order valence-corrected chi connectivity index (χ3v) is 4.49. The van der Waals surface area contributed by atoms with Crippen LogP contribution in [-0.2, 0) is 9.59 Å². The number of anilines is 1. The van der Waals surface area contributed by atoms with Crippen molar-refractivity contribution in [1.82, 2.24) is 5.32 Å². The van der Waals surface area contributed by atoms with Crippen LogP contribution in [0, 0.1) is 0 Å². The van der Waals surface area contributed by atoms with E-state index in [1.807, 2.05) is 13.0 Å². The second-order valence-electron chi connectivity index (χ2n) is 4.75. The van der Waals surface area contributed by atoms with Gasteiger partial charge in [0, 0.05) is 23.1 Å². The van der Waals surface area contributed by atoms with Crippen molar-refractivity contribution in [2.24, 2.45) is 0 Å². The fraction of sp³-hybridized carbons (Fsp3) is 0.429. The molecule has 1 aromatic carbocycles. The largest absolute Gasteiger partial charge is 0.344 e. The summed E-state index contributed by atoms with van der Waals surface area (Å²) >= 11 is 9.41. The zero-order valence-electron chi connectivity index (χ0n) is 11.2. The van der Waals surface area contributed by atoms with Crippen molar-refractivity contribution in [2.45, 2.75) is 32.2 Å². The van der Waals surface area contributed by atoms with Gasteiger partial charge in [0.05, 0.1) is 5.02 Å². The van der Waals surface area contributed by atoms with E-state index in [2.05, 4.69) is 21.2 Å². The Morgan fingerprint density at radius 1 is 1.45 bits per heavy atom. The number of nitrogens with zero attached hydrogens (tertiary/aromatic N) is 1. The highest BCUT2D eigenvalue weighted by atomic mass is 79.9. The van der Waals surface area contributed by atoms with Gasteiger partial charge in [-0.25, -0.2) is 0 Å². The molecule has 0 aromatic heterocycles. The van der Waals surface area contributed by atoms with Crippen molar-refractivity contribution < 1.29 is 9.59 Å². The van der Waals surface area contributed by atoms with Gasteiger partial charge in [-0.15, -0.1) is 0 Å². The number of amides is 2. The van der Waals surface area contributed by atoms with Gasteiger partial charge in [-0.2, -0.15) is 0 Å². The fourth-order valence-corrected chi connectivity index (χ4v) is 2.65. The average molecular weight is 360 g/mol. The molecule has 108 valence electrons. The number of hydrogen-bond donors (Lipinski definition) is 1. The fourth-order valence-electron chi connectivity index (χ4n) is 2.23. The molecule has 1 N–H and O–H groups in total. The molecule has 1 atom stereocenters. The van der Waals surface area contributed by atoms with Crippen LogP contribution in [0.15, 0.2) is 22.7 Å². The van der Waals surface area contributed by atoms with E-state index in [4.69, 9.17) is 11.6 Å². The van der Waals surface area contributed by atoms with Gasteiger partial charge in [0.1, 0.15) is 6.04 Å². The van der Waals surface area contributed by atoms with Gasteiger partial charge in [-0.05, 0) is 40.5 Å². The van der Waals surface area contributed by atoms with Gasteiger partial charge in [0.15, 0.2) is 0 Å². The molecule has 0 aliphatic carbocycles. The minimum absolute atomic E-state index is 0.0731. The summed E-state index contributed by atoms with van der Waals surface area (Å²) in [5, 5.41) is 3.33. The molecule has 2 amide bonds. The van der Waals surface area contributed by atoms with E-state index < -0.39 is 6.04 Å². The van der Waals surface area contributed by atoms with Crippen molar-refractivity contribution >= 4 is 45.0 Å². The first-order valence-electron chi connectivity index (χ1n) is 6.58. The zero-order valence-corrected chi connectivity index (χ0v) is 13.5. The van der Waals surface area contributed by atoms with Crippen LogP contribution in [-0.4, -0.2) is 24.4 Å². The van der Waals surface area contributed by atoms with Crippen LogP contribution >= 0.6 is 27.5 Å². The molecule has 1 aliphatic rings. The third kappa shape index (κ3) is 3.33. The molecule has 0 radical (unpaired) electrons. The second-order valence-corrected chi connectivity index (χ2v) is 6.01. The molecule has 4 nitrogen and oxygen atoms in total. The highest BCUT2D eigenvalue weighted by Gasteiger charge is 2.30. The van der Waals surface area contributed by atoms with Crippen molar-refractivity contribution in [3.63, 3.8) is 0 Å². The molecular formula is C14H16BrClN2O2. The minimum Gasteiger partial charge on any atom is -0.344 e. The Balaban J connectivity index is 2.30. The number of halogens is 2. The highest BCUT2D eigenvalue weighted by molar-refractivity contribution is 9.10. The minimum atomic E-state index is -0.447. The molecule has 0 saturated carbocycles. The van der Waals surface area contributed by atoms with E-state index in [0.717, 1.165) is 16.6 Å². The van der Waals surface area contributed by atoms with Crippen LogP contribution in [0.5, 0.6) is 0 Å². The quantitative estimate of drug-likeness (QED) is 0.901. The van der Waals surface area contributed by atoms with Crippen molar-refractivity contribution in [3.8, 4) is 0 Å². The van der Waals surface area contributed by atoms with E-state index in [0.29, 0.717) is 24.4 Å². The third-order valence-electron chi connectivity index (χ3n) is 3.25. The number of benzene rings is 1. The predicted octanol–water partition coefficient (Wildman–Crippen LogP) is 3.12. The molecule has 6 heteroatoms. The van der Waals surface area contributed by atoms with Crippen molar-refractivity contribution in [3.05, 3.63) is 27.7 Å². The van der Waals surface area contributed by atoms with E-state index in [9.17, 15) is 9.59 Å². The Labute approximate surface area is 131 Å². The Morgan fingerprint density at radius 2 is 2.20 bits per heavy atom. The maximum absolute atomic E-state index is 12.5. The van der Waals surface area contributed by atoms with Crippen LogP contribution in [0.2, 0.25) is 5.02 Å². The molecule has 0 spiro atoms. The highest BCUT2D eigenvalue weighted by Crippen LogP contribution is 2.28. The molecule has 1 aromatic rings. The van der Waals surface area contributed by atoms with Crippen LogP contribution in [0.3, 0.4) is 0 Å². The molecule has 1 unspecified atom stereocenters. The van der Waals surface area contributed by atoms with Gasteiger partial charge in [0.25, 0.3) is 0 Å². The Bertz CT molecular complexity index is 536. The van der Waals surface area contributed by atoms with Gasteiger partial charge in [0.2, 0.25) is 11.8 Å². The Hall–Kier alpha value is -1.07. The first-order chi connectivity index (χ1) is 9.52. The average Bonchev–Trinajstić information content (AvgIpc) is 2.54. The number of carbonyl (C=O) groups is 2. The van der Waals surface area contributed by atoms with Crippen molar-refractivity contribution in [1.29, 1.82) is 0 Å². The molecule has 1 aliphatic heterocycles. The van der Waals surface area contributed by atoms with E-state index in [1.54, 1.807) is 17.0 Å². The Morgan fingerprint density at radius 3 is 2.85 bits per heavy atom. The normalized spacial score (nSPS) is 19.8. The standard InChI is InChI=1S/C14H16BrClN2O2/c1-2-3-12-14(20)18(7-6-13(19)17-12)9-4-5-10(15)11(16)8-9/h4-5,8,12H,2-3,6-7H2,1H3,(H,17,19). The number of nitrogens with one attached hydrogen (secondary N) is 1. The molecule has 1 saturated heterocycles.